The minimum Gasteiger partial charge on any atom is -0.444 e. The Balaban J connectivity index is 0.00000441. The zero-order valence-electron chi connectivity index (χ0n) is 14.0. The summed E-state index contributed by atoms with van der Waals surface area (Å²) in [5.41, 5.74) is 5.39. The standard InChI is InChI=1S/C15H30N4O2.HI/c1-15(2,3)21-14(20)18-11-7-10-17-13(16)19-12-8-5-4-6-9-12;/h12H,4-11H2,1-3H3,(H,18,20)(H3,16,17,19);1H. The van der Waals surface area contributed by atoms with Crippen molar-refractivity contribution < 1.29 is 9.53 Å². The van der Waals surface area contributed by atoms with Crippen LogP contribution >= 0.6 is 24.0 Å². The van der Waals surface area contributed by atoms with E-state index in [2.05, 4.69) is 15.6 Å². The number of nitrogens with zero attached hydrogens (tertiary/aromatic N) is 1. The van der Waals surface area contributed by atoms with Crippen molar-refractivity contribution in [3.05, 3.63) is 0 Å². The fourth-order valence-electron chi connectivity index (χ4n) is 2.28. The Morgan fingerprint density at radius 3 is 2.50 bits per heavy atom. The molecule has 1 aliphatic carbocycles. The number of carbonyl (C=O) groups excluding carboxylic acids is 1. The number of rotatable bonds is 5. The van der Waals surface area contributed by atoms with E-state index in [-0.39, 0.29) is 30.1 Å². The number of halogens is 1. The van der Waals surface area contributed by atoms with Gasteiger partial charge in [0.1, 0.15) is 5.60 Å². The molecule has 0 aromatic carbocycles. The number of alkyl carbamates (subject to hydrolysis) is 1. The summed E-state index contributed by atoms with van der Waals surface area (Å²) in [4.78, 5) is 15.7. The van der Waals surface area contributed by atoms with Crippen LogP contribution in [0.1, 0.15) is 59.3 Å². The van der Waals surface area contributed by atoms with Crippen molar-refractivity contribution in [1.29, 1.82) is 0 Å². The number of aliphatic imine (C=N–C) groups is 1. The van der Waals surface area contributed by atoms with E-state index in [4.69, 9.17) is 10.5 Å². The smallest absolute Gasteiger partial charge is 0.407 e. The Labute approximate surface area is 151 Å². The molecule has 1 rings (SSSR count). The highest BCUT2D eigenvalue weighted by Crippen LogP contribution is 2.16. The summed E-state index contributed by atoms with van der Waals surface area (Å²) in [6.45, 7) is 6.66. The van der Waals surface area contributed by atoms with Crippen molar-refractivity contribution in [2.24, 2.45) is 10.7 Å². The van der Waals surface area contributed by atoms with Crippen LogP contribution in [0, 0.1) is 0 Å². The van der Waals surface area contributed by atoms with Crippen molar-refractivity contribution in [3.63, 3.8) is 0 Å². The molecule has 1 saturated carbocycles. The fraction of sp³-hybridized carbons (Fsp3) is 0.867. The van der Waals surface area contributed by atoms with Crippen molar-refractivity contribution in [1.82, 2.24) is 10.6 Å². The number of hydrogen-bond donors (Lipinski definition) is 3. The second-order valence-electron chi connectivity index (χ2n) is 6.53. The van der Waals surface area contributed by atoms with Gasteiger partial charge >= 0.3 is 6.09 Å². The number of carbonyl (C=O) groups is 1. The lowest BCUT2D eigenvalue weighted by Gasteiger charge is -2.23. The predicted octanol–water partition coefficient (Wildman–Crippen LogP) is 2.76. The maximum absolute atomic E-state index is 11.4. The summed E-state index contributed by atoms with van der Waals surface area (Å²) in [6, 6.07) is 0.474. The summed E-state index contributed by atoms with van der Waals surface area (Å²) >= 11 is 0. The van der Waals surface area contributed by atoms with Crippen LogP contribution in [0.25, 0.3) is 0 Å². The Morgan fingerprint density at radius 2 is 1.91 bits per heavy atom. The van der Waals surface area contributed by atoms with E-state index in [1.807, 2.05) is 20.8 Å². The molecule has 130 valence electrons. The minimum absolute atomic E-state index is 0. The van der Waals surface area contributed by atoms with E-state index in [9.17, 15) is 4.79 Å². The lowest BCUT2D eigenvalue weighted by atomic mass is 9.96. The summed E-state index contributed by atoms with van der Waals surface area (Å²) in [6.07, 6.45) is 6.57. The molecule has 0 bridgehead atoms. The highest BCUT2D eigenvalue weighted by atomic mass is 127. The van der Waals surface area contributed by atoms with Crippen LogP contribution in [0.5, 0.6) is 0 Å². The average Bonchev–Trinajstić information content (AvgIpc) is 2.37. The fourth-order valence-corrected chi connectivity index (χ4v) is 2.28. The van der Waals surface area contributed by atoms with Gasteiger partial charge in [0.15, 0.2) is 5.96 Å². The van der Waals surface area contributed by atoms with Crippen LogP contribution in [0.4, 0.5) is 4.79 Å². The van der Waals surface area contributed by atoms with Crippen LogP contribution < -0.4 is 16.4 Å². The zero-order chi connectivity index (χ0) is 15.7. The van der Waals surface area contributed by atoms with Gasteiger partial charge in [-0.15, -0.1) is 24.0 Å². The molecule has 0 aromatic heterocycles. The first-order valence-corrected chi connectivity index (χ1v) is 7.90. The number of nitrogens with two attached hydrogens (primary N) is 1. The highest BCUT2D eigenvalue weighted by molar-refractivity contribution is 14.0. The van der Waals surface area contributed by atoms with E-state index < -0.39 is 5.60 Å². The quantitative estimate of drug-likeness (QED) is 0.273. The van der Waals surface area contributed by atoms with Crippen molar-refractivity contribution >= 4 is 36.0 Å². The van der Waals surface area contributed by atoms with Gasteiger partial charge < -0.3 is 21.1 Å². The zero-order valence-corrected chi connectivity index (χ0v) is 16.3. The van der Waals surface area contributed by atoms with Gasteiger partial charge in [-0.25, -0.2) is 4.79 Å². The molecule has 0 aliphatic heterocycles. The van der Waals surface area contributed by atoms with Gasteiger partial charge in [0.05, 0.1) is 0 Å². The third kappa shape index (κ3) is 10.9. The topological polar surface area (TPSA) is 88.7 Å². The molecule has 0 radical (unpaired) electrons. The molecule has 0 heterocycles. The normalized spacial score (nSPS) is 16.6. The van der Waals surface area contributed by atoms with E-state index in [0.29, 0.717) is 25.1 Å². The lowest BCUT2D eigenvalue weighted by Crippen LogP contribution is -2.41. The van der Waals surface area contributed by atoms with Gasteiger partial charge in [0.25, 0.3) is 0 Å². The first-order valence-electron chi connectivity index (χ1n) is 7.90. The van der Waals surface area contributed by atoms with Crippen molar-refractivity contribution in [2.45, 2.75) is 70.9 Å². The summed E-state index contributed by atoms with van der Waals surface area (Å²) < 4.78 is 5.14. The number of guanidine groups is 1. The lowest BCUT2D eigenvalue weighted by molar-refractivity contribution is 0.0527. The van der Waals surface area contributed by atoms with Crippen LogP contribution in [0.3, 0.4) is 0 Å². The molecule has 7 heteroatoms. The van der Waals surface area contributed by atoms with Gasteiger partial charge in [-0.1, -0.05) is 19.3 Å². The molecule has 0 spiro atoms. The van der Waals surface area contributed by atoms with Crippen LogP contribution in [0.2, 0.25) is 0 Å². The Kier molecular flexibility index (Phi) is 10.5. The van der Waals surface area contributed by atoms with E-state index >= 15 is 0 Å². The molecule has 4 N–H and O–H groups in total. The summed E-state index contributed by atoms with van der Waals surface area (Å²) in [5, 5.41) is 5.97. The largest absolute Gasteiger partial charge is 0.444 e. The first-order chi connectivity index (χ1) is 9.87. The summed E-state index contributed by atoms with van der Waals surface area (Å²) in [7, 11) is 0. The second kappa shape index (κ2) is 10.9. The monoisotopic (exact) mass is 426 g/mol. The van der Waals surface area contributed by atoms with Crippen LogP contribution in [0.15, 0.2) is 4.99 Å². The molecule has 22 heavy (non-hydrogen) atoms. The third-order valence-corrected chi connectivity index (χ3v) is 3.24. The number of hydrogen-bond acceptors (Lipinski definition) is 3. The van der Waals surface area contributed by atoms with Gasteiger partial charge in [0.2, 0.25) is 0 Å². The van der Waals surface area contributed by atoms with Crippen LogP contribution in [-0.4, -0.2) is 36.8 Å². The maximum Gasteiger partial charge on any atom is 0.407 e. The van der Waals surface area contributed by atoms with Gasteiger partial charge in [-0.2, -0.15) is 0 Å². The molecule has 0 saturated heterocycles. The minimum atomic E-state index is -0.462. The SMILES string of the molecule is CC(C)(C)OC(=O)NCCCN=C(N)NC1CCCCC1.I. The molecule has 0 unspecified atom stereocenters. The van der Waals surface area contributed by atoms with Crippen LogP contribution in [-0.2, 0) is 4.74 Å². The molecule has 0 atom stereocenters. The number of ether oxygens (including phenoxy) is 1. The van der Waals surface area contributed by atoms with Gasteiger partial charge in [0, 0.05) is 19.1 Å². The van der Waals surface area contributed by atoms with Crippen molar-refractivity contribution in [2.75, 3.05) is 13.1 Å². The van der Waals surface area contributed by atoms with E-state index in [0.717, 1.165) is 6.42 Å². The van der Waals surface area contributed by atoms with Gasteiger partial charge in [-0.05, 0) is 40.0 Å². The maximum atomic E-state index is 11.4. The molecule has 0 aromatic rings. The number of amides is 1. The molecule has 1 fully saturated rings. The number of nitrogens with one attached hydrogen (secondary N) is 2. The second-order valence-corrected chi connectivity index (χ2v) is 6.53. The average molecular weight is 426 g/mol. The third-order valence-electron chi connectivity index (χ3n) is 3.24. The molecule has 6 nitrogen and oxygen atoms in total. The molecular formula is C15H31IN4O2. The van der Waals surface area contributed by atoms with E-state index in [1.54, 1.807) is 0 Å². The Morgan fingerprint density at radius 1 is 1.27 bits per heavy atom. The Bertz CT molecular complexity index is 350. The van der Waals surface area contributed by atoms with Crippen molar-refractivity contribution in [3.8, 4) is 0 Å². The Hall–Kier alpha value is -0.730. The predicted molar refractivity (Wildman–Crippen MR) is 101 cm³/mol. The van der Waals surface area contributed by atoms with Gasteiger partial charge in [-0.3, -0.25) is 4.99 Å². The molecular weight excluding hydrogens is 395 g/mol. The first kappa shape index (κ1) is 21.3. The molecule has 1 aliphatic rings. The molecule has 1 amide bonds. The summed E-state index contributed by atoms with van der Waals surface area (Å²) in [5.74, 6) is 0.513. The van der Waals surface area contributed by atoms with E-state index in [1.165, 1.54) is 32.1 Å². The highest BCUT2D eigenvalue weighted by Gasteiger charge is 2.15.